The highest BCUT2D eigenvalue weighted by Crippen LogP contribution is 2.34. The molecule has 5 heteroatoms. The number of hydrogen-bond donors (Lipinski definition) is 0. The lowest BCUT2D eigenvalue weighted by Gasteiger charge is -2.24. The zero-order chi connectivity index (χ0) is 16.7. The van der Waals surface area contributed by atoms with Crippen LogP contribution in [0.25, 0.3) is 10.9 Å². The second-order valence-corrected chi connectivity index (χ2v) is 6.43. The van der Waals surface area contributed by atoms with E-state index in [1.165, 1.54) is 0 Å². The van der Waals surface area contributed by atoms with Gasteiger partial charge in [-0.1, -0.05) is 18.2 Å². The first-order valence-electron chi connectivity index (χ1n) is 8.29. The van der Waals surface area contributed by atoms with Crippen molar-refractivity contribution in [1.82, 2.24) is 19.7 Å². The SMILES string of the molecule is Cc1cc(C(=O)N2CCCC2c2cnn(C)c2)c2ccccc2n1. The van der Waals surface area contributed by atoms with Crippen LogP contribution in [0.1, 0.15) is 40.5 Å². The number of carbonyl (C=O) groups is 1. The molecular weight excluding hydrogens is 300 g/mol. The predicted octanol–water partition coefficient (Wildman–Crippen LogP) is 3.25. The fourth-order valence-corrected chi connectivity index (χ4v) is 3.61. The molecule has 2 aromatic heterocycles. The van der Waals surface area contributed by atoms with Crippen molar-refractivity contribution in [2.24, 2.45) is 7.05 Å². The largest absolute Gasteiger partial charge is 0.331 e. The zero-order valence-electron chi connectivity index (χ0n) is 13.9. The summed E-state index contributed by atoms with van der Waals surface area (Å²) in [5, 5.41) is 5.18. The van der Waals surface area contributed by atoms with Gasteiger partial charge >= 0.3 is 0 Å². The number of fused-ring (bicyclic) bond motifs is 1. The standard InChI is InChI=1S/C19H20N4O/c1-13-10-16(15-6-3-4-7-17(15)21-13)19(24)23-9-5-8-18(23)14-11-20-22(2)12-14/h3-4,6-7,10-12,18H,5,8-9H2,1-2H3. The molecule has 0 radical (unpaired) electrons. The van der Waals surface area contributed by atoms with Crippen LogP contribution in [0, 0.1) is 6.92 Å². The molecule has 4 rings (SSSR count). The topological polar surface area (TPSA) is 51.0 Å². The molecule has 3 aromatic rings. The van der Waals surface area contributed by atoms with E-state index < -0.39 is 0 Å². The normalized spacial score (nSPS) is 17.6. The van der Waals surface area contributed by atoms with Gasteiger partial charge in [-0.2, -0.15) is 5.10 Å². The fraction of sp³-hybridized carbons (Fsp3) is 0.316. The van der Waals surface area contributed by atoms with Crippen molar-refractivity contribution >= 4 is 16.8 Å². The fourth-order valence-electron chi connectivity index (χ4n) is 3.61. The van der Waals surface area contributed by atoms with Gasteiger partial charge < -0.3 is 4.90 Å². The Kier molecular flexibility index (Phi) is 3.56. The molecule has 0 spiro atoms. The van der Waals surface area contributed by atoms with E-state index in [0.717, 1.165) is 47.1 Å². The van der Waals surface area contributed by atoms with E-state index in [4.69, 9.17) is 0 Å². The number of hydrogen-bond acceptors (Lipinski definition) is 3. The Hall–Kier alpha value is -2.69. The van der Waals surface area contributed by atoms with Crippen molar-refractivity contribution in [2.45, 2.75) is 25.8 Å². The Bertz CT molecular complexity index is 915. The van der Waals surface area contributed by atoms with Crippen molar-refractivity contribution in [3.8, 4) is 0 Å². The third-order valence-electron chi connectivity index (χ3n) is 4.70. The minimum Gasteiger partial charge on any atom is -0.331 e. The maximum Gasteiger partial charge on any atom is 0.255 e. The summed E-state index contributed by atoms with van der Waals surface area (Å²) in [4.78, 5) is 19.8. The molecule has 0 bridgehead atoms. The van der Waals surface area contributed by atoms with E-state index >= 15 is 0 Å². The summed E-state index contributed by atoms with van der Waals surface area (Å²) in [6.45, 7) is 2.72. The van der Waals surface area contributed by atoms with E-state index in [0.29, 0.717) is 0 Å². The number of likely N-dealkylation sites (tertiary alicyclic amines) is 1. The Morgan fingerprint density at radius 3 is 2.92 bits per heavy atom. The lowest BCUT2D eigenvalue weighted by atomic mass is 10.0. The first-order valence-corrected chi connectivity index (χ1v) is 8.29. The number of para-hydroxylation sites is 1. The van der Waals surface area contributed by atoms with Gasteiger partial charge in [0.2, 0.25) is 0 Å². The molecule has 1 saturated heterocycles. The molecular formula is C19H20N4O. The van der Waals surface area contributed by atoms with Crippen molar-refractivity contribution in [1.29, 1.82) is 0 Å². The van der Waals surface area contributed by atoms with Gasteiger partial charge in [-0.05, 0) is 31.9 Å². The van der Waals surface area contributed by atoms with Crippen LogP contribution in [0.5, 0.6) is 0 Å². The number of rotatable bonds is 2. The van der Waals surface area contributed by atoms with Crippen LogP contribution in [0.4, 0.5) is 0 Å². The summed E-state index contributed by atoms with van der Waals surface area (Å²) < 4.78 is 1.79. The second-order valence-electron chi connectivity index (χ2n) is 6.43. The van der Waals surface area contributed by atoms with E-state index in [1.54, 1.807) is 4.68 Å². The monoisotopic (exact) mass is 320 g/mol. The molecule has 24 heavy (non-hydrogen) atoms. The molecule has 3 heterocycles. The molecule has 1 fully saturated rings. The van der Waals surface area contributed by atoms with Gasteiger partial charge in [0.25, 0.3) is 5.91 Å². The molecule has 1 aliphatic rings. The van der Waals surface area contributed by atoms with Crippen LogP contribution in [0.3, 0.4) is 0 Å². The summed E-state index contributed by atoms with van der Waals surface area (Å²) in [6.07, 6.45) is 5.88. The predicted molar refractivity (Wildman–Crippen MR) is 92.7 cm³/mol. The van der Waals surface area contributed by atoms with E-state index in [-0.39, 0.29) is 11.9 Å². The zero-order valence-corrected chi connectivity index (χ0v) is 13.9. The average molecular weight is 320 g/mol. The average Bonchev–Trinajstić information content (AvgIpc) is 3.21. The van der Waals surface area contributed by atoms with E-state index in [1.807, 2.05) is 61.6 Å². The van der Waals surface area contributed by atoms with Crippen LogP contribution < -0.4 is 0 Å². The van der Waals surface area contributed by atoms with E-state index in [9.17, 15) is 4.79 Å². The van der Waals surface area contributed by atoms with Crippen LogP contribution >= 0.6 is 0 Å². The summed E-state index contributed by atoms with van der Waals surface area (Å²) in [6, 6.07) is 9.86. The molecule has 1 aliphatic heterocycles. The summed E-state index contributed by atoms with van der Waals surface area (Å²) in [5.41, 5.74) is 3.60. The molecule has 5 nitrogen and oxygen atoms in total. The highest BCUT2D eigenvalue weighted by Gasteiger charge is 2.32. The molecule has 1 aromatic carbocycles. The lowest BCUT2D eigenvalue weighted by Crippen LogP contribution is -2.30. The first kappa shape index (κ1) is 14.9. The van der Waals surface area contributed by atoms with Crippen molar-refractivity contribution in [2.75, 3.05) is 6.54 Å². The third-order valence-corrected chi connectivity index (χ3v) is 4.70. The Morgan fingerprint density at radius 2 is 2.12 bits per heavy atom. The van der Waals surface area contributed by atoms with Crippen molar-refractivity contribution < 1.29 is 4.79 Å². The third kappa shape index (κ3) is 2.46. The smallest absolute Gasteiger partial charge is 0.255 e. The second kappa shape index (κ2) is 5.74. The molecule has 0 saturated carbocycles. The number of pyridine rings is 1. The van der Waals surface area contributed by atoms with Crippen molar-refractivity contribution in [3.63, 3.8) is 0 Å². The molecule has 122 valence electrons. The number of aromatic nitrogens is 3. The van der Waals surface area contributed by atoms with Crippen LogP contribution in [0.2, 0.25) is 0 Å². The van der Waals surface area contributed by atoms with E-state index in [2.05, 4.69) is 10.1 Å². The number of amides is 1. The lowest BCUT2D eigenvalue weighted by molar-refractivity contribution is 0.0737. The Labute approximate surface area is 140 Å². The quantitative estimate of drug-likeness (QED) is 0.728. The Balaban J connectivity index is 1.76. The highest BCUT2D eigenvalue weighted by atomic mass is 16.2. The number of aryl methyl sites for hydroxylation is 2. The van der Waals surface area contributed by atoms with Gasteiger partial charge in [0.15, 0.2) is 0 Å². The molecule has 0 N–H and O–H groups in total. The maximum atomic E-state index is 13.3. The summed E-state index contributed by atoms with van der Waals surface area (Å²) in [7, 11) is 1.91. The van der Waals surface area contributed by atoms with Gasteiger partial charge in [0.05, 0.1) is 23.3 Å². The molecule has 1 amide bonds. The van der Waals surface area contributed by atoms with Crippen LogP contribution in [0.15, 0.2) is 42.7 Å². The summed E-state index contributed by atoms with van der Waals surface area (Å²) in [5.74, 6) is 0.0862. The summed E-state index contributed by atoms with van der Waals surface area (Å²) >= 11 is 0. The number of carbonyl (C=O) groups excluding carboxylic acids is 1. The molecule has 1 unspecified atom stereocenters. The number of benzene rings is 1. The molecule has 0 aliphatic carbocycles. The number of nitrogens with zero attached hydrogens (tertiary/aromatic N) is 4. The first-order chi connectivity index (χ1) is 11.6. The van der Waals surface area contributed by atoms with Gasteiger partial charge in [-0.3, -0.25) is 14.5 Å². The van der Waals surface area contributed by atoms with Crippen LogP contribution in [-0.4, -0.2) is 32.1 Å². The molecule has 1 atom stereocenters. The highest BCUT2D eigenvalue weighted by molar-refractivity contribution is 6.06. The van der Waals surface area contributed by atoms with Gasteiger partial charge in [-0.15, -0.1) is 0 Å². The van der Waals surface area contributed by atoms with Gasteiger partial charge in [0, 0.05) is 36.4 Å². The van der Waals surface area contributed by atoms with Gasteiger partial charge in [-0.25, -0.2) is 0 Å². The minimum absolute atomic E-state index is 0.0862. The van der Waals surface area contributed by atoms with Crippen LogP contribution in [-0.2, 0) is 7.05 Å². The van der Waals surface area contributed by atoms with Gasteiger partial charge in [0.1, 0.15) is 0 Å². The Morgan fingerprint density at radius 1 is 1.29 bits per heavy atom. The maximum absolute atomic E-state index is 13.3. The van der Waals surface area contributed by atoms with Crippen molar-refractivity contribution in [3.05, 3.63) is 59.5 Å². The minimum atomic E-state index is 0.0862.